The highest BCUT2D eigenvalue weighted by Crippen LogP contribution is 2.38. The molecule has 0 spiro atoms. The summed E-state index contributed by atoms with van der Waals surface area (Å²) in [4.78, 5) is 0. The second-order valence-electron chi connectivity index (χ2n) is 5.51. The highest BCUT2D eigenvalue weighted by molar-refractivity contribution is 5.28. The maximum absolute atomic E-state index is 6.34. The van der Waals surface area contributed by atoms with Gasteiger partial charge in [0.1, 0.15) is 0 Å². The fraction of sp³-hybridized carbons (Fsp3) is 0.600. The van der Waals surface area contributed by atoms with Gasteiger partial charge in [-0.3, -0.25) is 0 Å². The van der Waals surface area contributed by atoms with Gasteiger partial charge < -0.3 is 16.2 Å². The third-order valence-electron chi connectivity index (χ3n) is 4.32. The van der Waals surface area contributed by atoms with Gasteiger partial charge in [-0.1, -0.05) is 38.1 Å². The molecule has 1 saturated heterocycles. The van der Waals surface area contributed by atoms with E-state index in [-0.39, 0.29) is 11.5 Å². The van der Waals surface area contributed by atoms with E-state index in [1.54, 1.807) is 0 Å². The van der Waals surface area contributed by atoms with E-state index in [0.29, 0.717) is 25.7 Å². The van der Waals surface area contributed by atoms with Crippen LogP contribution in [0.1, 0.15) is 43.4 Å². The smallest absolute Gasteiger partial charge is 0.0575 e. The van der Waals surface area contributed by atoms with Crippen molar-refractivity contribution in [3.63, 3.8) is 0 Å². The molecule has 0 saturated carbocycles. The van der Waals surface area contributed by atoms with Crippen LogP contribution in [0, 0.1) is 5.41 Å². The molecule has 100 valence electrons. The van der Waals surface area contributed by atoms with Gasteiger partial charge in [-0.2, -0.15) is 0 Å². The molecule has 0 radical (unpaired) electrons. The fourth-order valence-corrected chi connectivity index (χ4v) is 2.41. The first-order chi connectivity index (χ1) is 8.63. The molecule has 1 heterocycles. The summed E-state index contributed by atoms with van der Waals surface area (Å²) in [5.74, 6) is 0.603. The monoisotopic (exact) mass is 248 g/mol. The summed E-state index contributed by atoms with van der Waals surface area (Å²) in [6.45, 7) is 6.40. The van der Waals surface area contributed by atoms with E-state index in [9.17, 15) is 0 Å². The van der Waals surface area contributed by atoms with E-state index in [4.69, 9.17) is 16.2 Å². The minimum atomic E-state index is -0.0576. The Morgan fingerprint density at radius 1 is 1.22 bits per heavy atom. The summed E-state index contributed by atoms with van der Waals surface area (Å²) in [6, 6.07) is 8.63. The van der Waals surface area contributed by atoms with Gasteiger partial charge in [0.15, 0.2) is 0 Å². The van der Waals surface area contributed by atoms with Crippen LogP contribution >= 0.6 is 0 Å². The highest BCUT2D eigenvalue weighted by atomic mass is 16.5. The number of hydrogen-bond donors (Lipinski definition) is 2. The molecule has 1 aliphatic heterocycles. The maximum atomic E-state index is 6.34. The van der Waals surface area contributed by atoms with Crippen molar-refractivity contribution in [1.29, 1.82) is 0 Å². The largest absolute Gasteiger partial charge is 0.380 e. The van der Waals surface area contributed by atoms with Gasteiger partial charge in [-0.05, 0) is 23.5 Å². The van der Waals surface area contributed by atoms with Gasteiger partial charge in [0.2, 0.25) is 0 Å². The average molecular weight is 248 g/mol. The number of rotatable bonds is 5. The molecular weight excluding hydrogens is 224 g/mol. The molecular formula is C15H24N2O. The van der Waals surface area contributed by atoms with E-state index in [1.165, 1.54) is 5.56 Å². The summed E-state index contributed by atoms with van der Waals surface area (Å²) in [5, 5.41) is 0. The Hall–Kier alpha value is -0.900. The van der Waals surface area contributed by atoms with E-state index < -0.39 is 0 Å². The summed E-state index contributed by atoms with van der Waals surface area (Å²) < 4.78 is 5.29. The molecule has 1 aromatic rings. The Kier molecular flexibility index (Phi) is 4.05. The van der Waals surface area contributed by atoms with Crippen molar-refractivity contribution in [1.82, 2.24) is 0 Å². The normalized spacial score (nSPS) is 21.1. The number of ether oxygens (including phenoxy) is 1. The summed E-state index contributed by atoms with van der Waals surface area (Å²) >= 11 is 0. The standard InChI is InChI=1S/C15H24N2O/c1-3-11(2)12-4-6-13(7-5-12)14(17)15(8-16)9-18-10-15/h4-7,11,14H,3,8-10,16-17H2,1-2H3. The van der Waals surface area contributed by atoms with Crippen LogP contribution in [0.5, 0.6) is 0 Å². The molecule has 18 heavy (non-hydrogen) atoms. The number of nitrogens with two attached hydrogens (primary N) is 2. The first-order valence-electron chi connectivity index (χ1n) is 6.76. The van der Waals surface area contributed by atoms with Crippen LogP contribution in [-0.4, -0.2) is 19.8 Å². The zero-order valence-electron chi connectivity index (χ0n) is 11.4. The van der Waals surface area contributed by atoms with Crippen LogP contribution < -0.4 is 11.5 Å². The van der Waals surface area contributed by atoms with Gasteiger partial charge in [-0.25, -0.2) is 0 Å². The topological polar surface area (TPSA) is 61.3 Å². The predicted molar refractivity (Wildman–Crippen MR) is 74.4 cm³/mol. The van der Waals surface area contributed by atoms with Crippen LogP contribution in [0.4, 0.5) is 0 Å². The van der Waals surface area contributed by atoms with Crippen molar-refractivity contribution in [3.8, 4) is 0 Å². The summed E-state index contributed by atoms with van der Waals surface area (Å²) in [7, 11) is 0. The van der Waals surface area contributed by atoms with Crippen LogP contribution in [0.3, 0.4) is 0 Å². The van der Waals surface area contributed by atoms with Crippen molar-refractivity contribution in [3.05, 3.63) is 35.4 Å². The third-order valence-corrected chi connectivity index (χ3v) is 4.32. The number of benzene rings is 1. The van der Waals surface area contributed by atoms with Crippen LogP contribution in [0.2, 0.25) is 0 Å². The summed E-state index contributed by atoms with van der Waals surface area (Å²) in [6.07, 6.45) is 1.16. The van der Waals surface area contributed by atoms with Crippen molar-refractivity contribution in [2.24, 2.45) is 16.9 Å². The highest BCUT2D eigenvalue weighted by Gasteiger charge is 2.43. The Labute approximate surface area is 110 Å². The Bertz CT molecular complexity index is 378. The maximum Gasteiger partial charge on any atom is 0.0575 e. The summed E-state index contributed by atoms with van der Waals surface area (Å²) in [5.41, 5.74) is 14.7. The molecule has 0 aromatic heterocycles. The van der Waals surface area contributed by atoms with Crippen molar-refractivity contribution < 1.29 is 4.74 Å². The van der Waals surface area contributed by atoms with Crippen molar-refractivity contribution in [2.75, 3.05) is 19.8 Å². The quantitative estimate of drug-likeness (QED) is 0.839. The molecule has 2 atom stereocenters. The zero-order chi connectivity index (χ0) is 13.2. The molecule has 1 fully saturated rings. The zero-order valence-corrected chi connectivity index (χ0v) is 11.4. The Balaban J connectivity index is 2.14. The van der Waals surface area contributed by atoms with Gasteiger partial charge >= 0.3 is 0 Å². The second kappa shape index (κ2) is 5.39. The molecule has 0 bridgehead atoms. The first kappa shape index (κ1) is 13.5. The molecule has 2 rings (SSSR count). The molecule has 4 N–H and O–H groups in total. The van der Waals surface area contributed by atoms with Crippen molar-refractivity contribution >= 4 is 0 Å². The SMILES string of the molecule is CCC(C)c1ccc(C(N)C2(CN)COC2)cc1. The fourth-order valence-electron chi connectivity index (χ4n) is 2.41. The van der Waals surface area contributed by atoms with E-state index in [0.717, 1.165) is 12.0 Å². The van der Waals surface area contributed by atoms with Gasteiger partial charge in [0.05, 0.1) is 13.2 Å². The van der Waals surface area contributed by atoms with E-state index >= 15 is 0 Å². The van der Waals surface area contributed by atoms with E-state index in [1.807, 2.05) is 0 Å². The Morgan fingerprint density at radius 3 is 2.17 bits per heavy atom. The molecule has 1 aliphatic rings. The number of hydrogen-bond acceptors (Lipinski definition) is 3. The molecule has 1 aromatic carbocycles. The lowest BCUT2D eigenvalue weighted by Crippen LogP contribution is -2.54. The van der Waals surface area contributed by atoms with E-state index in [2.05, 4.69) is 38.1 Å². The predicted octanol–water partition coefficient (Wildman–Crippen LogP) is 2.18. The van der Waals surface area contributed by atoms with Crippen LogP contribution in [0.15, 0.2) is 24.3 Å². The molecule has 2 unspecified atom stereocenters. The van der Waals surface area contributed by atoms with Crippen molar-refractivity contribution in [2.45, 2.75) is 32.2 Å². The lowest BCUT2D eigenvalue weighted by molar-refractivity contribution is -0.121. The molecule has 0 amide bonds. The minimum absolute atomic E-state index is 0.0257. The molecule has 0 aliphatic carbocycles. The molecule has 3 nitrogen and oxygen atoms in total. The molecule has 3 heteroatoms. The lowest BCUT2D eigenvalue weighted by Gasteiger charge is -2.45. The minimum Gasteiger partial charge on any atom is -0.380 e. The average Bonchev–Trinajstić information content (AvgIpc) is 2.37. The van der Waals surface area contributed by atoms with Crippen LogP contribution in [0.25, 0.3) is 0 Å². The van der Waals surface area contributed by atoms with Crippen LogP contribution in [-0.2, 0) is 4.74 Å². The Morgan fingerprint density at radius 2 is 1.78 bits per heavy atom. The first-order valence-corrected chi connectivity index (χ1v) is 6.76. The third kappa shape index (κ3) is 2.30. The van der Waals surface area contributed by atoms with Gasteiger partial charge in [0.25, 0.3) is 0 Å². The van der Waals surface area contributed by atoms with Gasteiger partial charge in [0, 0.05) is 18.0 Å². The van der Waals surface area contributed by atoms with Gasteiger partial charge in [-0.15, -0.1) is 0 Å². The lowest BCUT2D eigenvalue weighted by atomic mass is 9.75. The second-order valence-corrected chi connectivity index (χ2v) is 5.51.